The quantitative estimate of drug-likeness (QED) is 0.879. The molecule has 0 saturated heterocycles. The summed E-state index contributed by atoms with van der Waals surface area (Å²) in [7, 11) is 1.64. The van der Waals surface area contributed by atoms with E-state index in [1.807, 2.05) is 37.4 Å². The van der Waals surface area contributed by atoms with Gasteiger partial charge in [0.25, 0.3) is 0 Å². The first-order valence-electron chi connectivity index (χ1n) is 8.19. The molecule has 1 aromatic heterocycles. The maximum absolute atomic E-state index is 12.7. The molecule has 1 heterocycles. The van der Waals surface area contributed by atoms with Gasteiger partial charge in [-0.25, -0.2) is 0 Å². The van der Waals surface area contributed by atoms with Gasteiger partial charge in [0, 0.05) is 18.9 Å². The summed E-state index contributed by atoms with van der Waals surface area (Å²) < 4.78 is 5.39. The van der Waals surface area contributed by atoms with Crippen LogP contribution in [0.25, 0.3) is 0 Å². The van der Waals surface area contributed by atoms with Crippen LogP contribution >= 0.6 is 0 Å². The first-order valence-corrected chi connectivity index (χ1v) is 8.19. The smallest absolute Gasteiger partial charge is 0.244 e. The Morgan fingerprint density at radius 2 is 2.25 bits per heavy atom. The van der Waals surface area contributed by atoms with Gasteiger partial charge >= 0.3 is 0 Å². The van der Waals surface area contributed by atoms with Crippen LogP contribution in [0.15, 0.2) is 36.7 Å². The van der Waals surface area contributed by atoms with Crippen molar-refractivity contribution in [1.82, 2.24) is 10.3 Å². The van der Waals surface area contributed by atoms with E-state index in [1.54, 1.807) is 13.3 Å². The predicted molar refractivity (Wildman–Crippen MR) is 92.9 cm³/mol. The molecule has 126 valence electrons. The maximum Gasteiger partial charge on any atom is 0.244 e. The van der Waals surface area contributed by atoms with E-state index >= 15 is 0 Å². The fraction of sp³-hybridized carbons (Fsp3) is 0.368. The van der Waals surface area contributed by atoms with Crippen molar-refractivity contribution in [2.45, 2.75) is 31.7 Å². The zero-order valence-corrected chi connectivity index (χ0v) is 14.1. The lowest BCUT2D eigenvalue weighted by molar-refractivity contribution is -0.126. The van der Waals surface area contributed by atoms with Gasteiger partial charge in [-0.2, -0.15) is 0 Å². The number of ether oxygens (including phenoxy) is 1. The minimum Gasteiger partial charge on any atom is -0.496 e. The molecule has 0 bridgehead atoms. The van der Waals surface area contributed by atoms with Crippen LogP contribution in [0.1, 0.15) is 28.7 Å². The lowest BCUT2D eigenvalue weighted by atomic mass is 9.91. The minimum absolute atomic E-state index is 0.129. The standard InChI is InChI=1S/C19H23N3O2/c1-13-7-10-21-12-14(13)8-11-22-18(23)19(20)9-6-15-16(19)4-3-5-17(15)24-2/h3-5,7,10,12H,6,8-9,11,20H2,1-2H3,(H,22,23). The van der Waals surface area contributed by atoms with Crippen molar-refractivity contribution in [3.63, 3.8) is 0 Å². The highest BCUT2D eigenvalue weighted by Gasteiger charge is 2.42. The third-order valence-electron chi connectivity index (χ3n) is 4.84. The molecule has 1 aliphatic rings. The monoisotopic (exact) mass is 325 g/mol. The highest BCUT2D eigenvalue weighted by atomic mass is 16.5. The lowest BCUT2D eigenvalue weighted by Crippen LogP contribution is -2.50. The molecule has 5 heteroatoms. The van der Waals surface area contributed by atoms with Gasteiger partial charge in [-0.3, -0.25) is 9.78 Å². The summed E-state index contributed by atoms with van der Waals surface area (Å²) in [5.41, 5.74) is 9.72. The summed E-state index contributed by atoms with van der Waals surface area (Å²) in [6, 6.07) is 7.70. The van der Waals surface area contributed by atoms with Gasteiger partial charge < -0.3 is 15.8 Å². The molecule has 1 unspecified atom stereocenters. The van der Waals surface area contributed by atoms with E-state index in [9.17, 15) is 4.79 Å². The molecule has 5 nitrogen and oxygen atoms in total. The number of nitrogens with two attached hydrogens (primary N) is 1. The summed E-state index contributed by atoms with van der Waals surface area (Å²) in [5, 5.41) is 2.99. The number of rotatable bonds is 5. The summed E-state index contributed by atoms with van der Waals surface area (Å²) in [6.45, 7) is 2.59. The molecule has 3 N–H and O–H groups in total. The summed E-state index contributed by atoms with van der Waals surface area (Å²) >= 11 is 0. The third-order valence-corrected chi connectivity index (χ3v) is 4.84. The van der Waals surface area contributed by atoms with Crippen LogP contribution in [-0.4, -0.2) is 24.5 Å². The van der Waals surface area contributed by atoms with Gasteiger partial charge in [0.15, 0.2) is 0 Å². The molecule has 2 aromatic rings. The fourth-order valence-electron chi connectivity index (χ4n) is 3.35. The number of carbonyl (C=O) groups is 1. The second-order valence-electron chi connectivity index (χ2n) is 6.27. The number of benzene rings is 1. The number of amides is 1. The van der Waals surface area contributed by atoms with E-state index in [2.05, 4.69) is 10.3 Å². The molecule has 1 aromatic carbocycles. The average molecular weight is 325 g/mol. The Bertz CT molecular complexity index is 760. The van der Waals surface area contributed by atoms with Crippen LogP contribution in [0.2, 0.25) is 0 Å². The molecule has 0 saturated carbocycles. The Kier molecular flexibility index (Phi) is 4.53. The molecule has 0 radical (unpaired) electrons. The number of hydrogen-bond donors (Lipinski definition) is 2. The number of aromatic nitrogens is 1. The number of nitrogens with one attached hydrogen (secondary N) is 1. The van der Waals surface area contributed by atoms with Crippen LogP contribution in [0.3, 0.4) is 0 Å². The van der Waals surface area contributed by atoms with Gasteiger partial charge in [-0.1, -0.05) is 12.1 Å². The molecule has 1 amide bonds. The number of carbonyl (C=O) groups excluding carboxylic acids is 1. The molecular formula is C19H23N3O2. The van der Waals surface area contributed by atoms with Crippen molar-refractivity contribution in [3.05, 3.63) is 58.9 Å². The molecule has 0 spiro atoms. The number of fused-ring (bicyclic) bond motifs is 1. The van der Waals surface area contributed by atoms with Crippen molar-refractivity contribution in [2.75, 3.05) is 13.7 Å². The molecule has 1 aliphatic carbocycles. The fourth-order valence-corrected chi connectivity index (χ4v) is 3.35. The summed E-state index contributed by atoms with van der Waals surface area (Å²) in [4.78, 5) is 16.8. The predicted octanol–water partition coefficient (Wildman–Crippen LogP) is 1.86. The van der Waals surface area contributed by atoms with Crippen LogP contribution in [-0.2, 0) is 23.2 Å². The van der Waals surface area contributed by atoms with E-state index in [4.69, 9.17) is 10.5 Å². The molecule has 24 heavy (non-hydrogen) atoms. The number of nitrogens with zero attached hydrogens (tertiary/aromatic N) is 1. The minimum atomic E-state index is -0.978. The molecule has 0 aliphatic heterocycles. The van der Waals surface area contributed by atoms with Gasteiger partial charge in [-0.05, 0) is 60.6 Å². The highest BCUT2D eigenvalue weighted by Crippen LogP contribution is 2.39. The SMILES string of the molecule is COc1cccc2c1CCC2(N)C(=O)NCCc1cnccc1C. The van der Waals surface area contributed by atoms with E-state index < -0.39 is 5.54 Å². The first kappa shape index (κ1) is 16.5. The van der Waals surface area contributed by atoms with E-state index in [-0.39, 0.29) is 5.91 Å². The Morgan fingerprint density at radius 3 is 3.00 bits per heavy atom. The number of pyridine rings is 1. The molecule has 0 fully saturated rings. The maximum atomic E-state index is 12.7. The van der Waals surface area contributed by atoms with Gasteiger partial charge in [0.2, 0.25) is 5.91 Å². The second-order valence-corrected chi connectivity index (χ2v) is 6.27. The summed E-state index contributed by atoms with van der Waals surface area (Å²) in [5.74, 6) is 0.676. The van der Waals surface area contributed by atoms with Crippen molar-refractivity contribution < 1.29 is 9.53 Å². The van der Waals surface area contributed by atoms with E-state index in [1.165, 1.54) is 5.56 Å². The van der Waals surface area contributed by atoms with Crippen LogP contribution in [0.5, 0.6) is 5.75 Å². The highest BCUT2D eigenvalue weighted by molar-refractivity contribution is 5.89. The van der Waals surface area contributed by atoms with Crippen molar-refractivity contribution >= 4 is 5.91 Å². The summed E-state index contributed by atoms with van der Waals surface area (Å²) in [6.07, 6.45) is 5.71. The zero-order chi connectivity index (χ0) is 17.2. The van der Waals surface area contributed by atoms with Crippen molar-refractivity contribution in [3.8, 4) is 5.75 Å². The molecule has 1 atom stereocenters. The zero-order valence-electron chi connectivity index (χ0n) is 14.1. The Labute approximate surface area is 142 Å². The Balaban J connectivity index is 1.69. The Hall–Kier alpha value is -2.40. The van der Waals surface area contributed by atoms with E-state index in [0.29, 0.717) is 13.0 Å². The number of methoxy groups -OCH3 is 1. The number of aryl methyl sites for hydroxylation is 1. The van der Waals surface area contributed by atoms with Crippen LogP contribution in [0, 0.1) is 6.92 Å². The third kappa shape index (κ3) is 2.87. The molecular weight excluding hydrogens is 302 g/mol. The topological polar surface area (TPSA) is 77.2 Å². The first-order chi connectivity index (χ1) is 11.6. The van der Waals surface area contributed by atoms with E-state index in [0.717, 1.165) is 35.3 Å². The van der Waals surface area contributed by atoms with Crippen molar-refractivity contribution in [1.29, 1.82) is 0 Å². The van der Waals surface area contributed by atoms with Gasteiger partial charge in [0.05, 0.1) is 7.11 Å². The van der Waals surface area contributed by atoms with Gasteiger partial charge in [-0.15, -0.1) is 0 Å². The Morgan fingerprint density at radius 1 is 1.42 bits per heavy atom. The normalized spacial score (nSPS) is 19.0. The average Bonchev–Trinajstić information content (AvgIpc) is 2.95. The van der Waals surface area contributed by atoms with Crippen LogP contribution < -0.4 is 15.8 Å². The van der Waals surface area contributed by atoms with Crippen LogP contribution in [0.4, 0.5) is 0 Å². The largest absolute Gasteiger partial charge is 0.496 e. The second kappa shape index (κ2) is 6.61. The van der Waals surface area contributed by atoms with Crippen molar-refractivity contribution in [2.24, 2.45) is 5.73 Å². The molecule has 3 rings (SSSR count). The number of hydrogen-bond acceptors (Lipinski definition) is 4. The lowest BCUT2D eigenvalue weighted by Gasteiger charge is -2.24. The van der Waals surface area contributed by atoms with Gasteiger partial charge in [0.1, 0.15) is 11.3 Å².